The minimum Gasteiger partial charge on any atom is -0.330 e. The Kier molecular flexibility index (Phi) is 3.26. The van der Waals surface area contributed by atoms with Gasteiger partial charge in [0.25, 0.3) is 0 Å². The standard InChI is InChI=1S/C9H19NS/c1-9(2)7-11-6-4-8(9)3-5-10/h8H,3-7,10H2,1-2H3. The van der Waals surface area contributed by atoms with E-state index in [1.807, 2.05) is 0 Å². The van der Waals surface area contributed by atoms with Gasteiger partial charge < -0.3 is 5.73 Å². The van der Waals surface area contributed by atoms with Crippen LogP contribution in [0.5, 0.6) is 0 Å². The molecule has 1 heterocycles. The summed E-state index contributed by atoms with van der Waals surface area (Å²) in [5.74, 6) is 3.53. The molecule has 1 fully saturated rings. The van der Waals surface area contributed by atoms with Crippen molar-refractivity contribution in [2.75, 3.05) is 18.1 Å². The van der Waals surface area contributed by atoms with Crippen LogP contribution >= 0.6 is 11.8 Å². The van der Waals surface area contributed by atoms with Crippen molar-refractivity contribution in [2.45, 2.75) is 26.7 Å². The number of nitrogens with two attached hydrogens (primary N) is 1. The van der Waals surface area contributed by atoms with Gasteiger partial charge in [0, 0.05) is 0 Å². The zero-order chi connectivity index (χ0) is 8.32. The van der Waals surface area contributed by atoms with E-state index in [1.54, 1.807) is 0 Å². The lowest BCUT2D eigenvalue weighted by atomic mass is 9.76. The molecule has 11 heavy (non-hydrogen) atoms. The Hall–Kier alpha value is 0.310. The molecule has 0 spiro atoms. The van der Waals surface area contributed by atoms with Gasteiger partial charge in [-0.15, -0.1) is 0 Å². The van der Waals surface area contributed by atoms with E-state index >= 15 is 0 Å². The van der Waals surface area contributed by atoms with E-state index < -0.39 is 0 Å². The predicted molar refractivity (Wildman–Crippen MR) is 52.9 cm³/mol. The second-order valence-corrected chi connectivity index (χ2v) is 5.21. The number of rotatable bonds is 2. The Balaban J connectivity index is 2.45. The van der Waals surface area contributed by atoms with Crippen LogP contribution in [0.3, 0.4) is 0 Å². The lowest BCUT2D eigenvalue weighted by Crippen LogP contribution is -2.32. The normalized spacial score (nSPS) is 30.3. The minimum absolute atomic E-state index is 0.530. The zero-order valence-electron chi connectivity index (χ0n) is 7.60. The molecule has 0 saturated carbocycles. The molecule has 0 aliphatic carbocycles. The van der Waals surface area contributed by atoms with E-state index in [1.165, 1.54) is 24.3 Å². The van der Waals surface area contributed by atoms with Gasteiger partial charge in [-0.1, -0.05) is 13.8 Å². The van der Waals surface area contributed by atoms with E-state index in [-0.39, 0.29) is 0 Å². The Morgan fingerprint density at radius 1 is 1.55 bits per heavy atom. The van der Waals surface area contributed by atoms with Crippen LogP contribution in [0, 0.1) is 11.3 Å². The molecule has 1 aliphatic heterocycles. The fraction of sp³-hybridized carbons (Fsp3) is 1.00. The van der Waals surface area contributed by atoms with Gasteiger partial charge >= 0.3 is 0 Å². The summed E-state index contributed by atoms with van der Waals surface area (Å²) >= 11 is 2.09. The Labute approximate surface area is 74.1 Å². The first-order valence-electron chi connectivity index (χ1n) is 4.44. The van der Waals surface area contributed by atoms with E-state index in [9.17, 15) is 0 Å². The van der Waals surface area contributed by atoms with E-state index in [4.69, 9.17) is 5.73 Å². The molecule has 0 aromatic rings. The van der Waals surface area contributed by atoms with Crippen LogP contribution in [0.4, 0.5) is 0 Å². The molecule has 2 N–H and O–H groups in total. The largest absolute Gasteiger partial charge is 0.330 e. The molecule has 0 amide bonds. The van der Waals surface area contributed by atoms with Crippen LogP contribution in [0.2, 0.25) is 0 Å². The summed E-state index contributed by atoms with van der Waals surface area (Å²) in [5.41, 5.74) is 6.10. The molecule has 0 aromatic carbocycles. The average molecular weight is 173 g/mol. The topological polar surface area (TPSA) is 26.0 Å². The summed E-state index contributed by atoms with van der Waals surface area (Å²) < 4.78 is 0. The summed E-state index contributed by atoms with van der Waals surface area (Å²) in [7, 11) is 0. The Morgan fingerprint density at radius 3 is 2.82 bits per heavy atom. The molecule has 0 bridgehead atoms. The van der Waals surface area contributed by atoms with Gasteiger partial charge in [-0.2, -0.15) is 11.8 Å². The van der Waals surface area contributed by atoms with E-state index in [0.717, 1.165) is 12.5 Å². The second kappa shape index (κ2) is 3.81. The lowest BCUT2D eigenvalue weighted by molar-refractivity contribution is 0.222. The highest BCUT2D eigenvalue weighted by atomic mass is 32.2. The maximum atomic E-state index is 5.57. The summed E-state index contributed by atoms with van der Waals surface area (Å²) in [6.07, 6.45) is 2.59. The van der Waals surface area contributed by atoms with Crippen LogP contribution in [-0.2, 0) is 0 Å². The third kappa shape index (κ3) is 2.38. The van der Waals surface area contributed by atoms with Crippen molar-refractivity contribution in [3.05, 3.63) is 0 Å². The first-order chi connectivity index (χ1) is 5.17. The van der Waals surface area contributed by atoms with Gasteiger partial charge in [0.05, 0.1) is 0 Å². The van der Waals surface area contributed by atoms with Crippen molar-refractivity contribution in [1.29, 1.82) is 0 Å². The molecule has 0 aromatic heterocycles. The molecule has 1 unspecified atom stereocenters. The quantitative estimate of drug-likeness (QED) is 0.692. The molecular formula is C9H19NS. The molecule has 1 atom stereocenters. The first-order valence-corrected chi connectivity index (χ1v) is 5.60. The molecule has 66 valence electrons. The van der Waals surface area contributed by atoms with Gasteiger partial charge in [0.1, 0.15) is 0 Å². The number of thioether (sulfide) groups is 1. The predicted octanol–water partition coefficient (Wildman–Crippen LogP) is 2.11. The van der Waals surface area contributed by atoms with Gasteiger partial charge in [-0.25, -0.2) is 0 Å². The second-order valence-electron chi connectivity index (χ2n) is 4.10. The highest BCUT2D eigenvalue weighted by molar-refractivity contribution is 7.99. The highest BCUT2D eigenvalue weighted by Gasteiger charge is 2.31. The third-order valence-corrected chi connectivity index (χ3v) is 4.18. The summed E-state index contributed by atoms with van der Waals surface area (Å²) in [6, 6.07) is 0. The van der Waals surface area contributed by atoms with E-state index in [0.29, 0.717) is 5.41 Å². The van der Waals surface area contributed by atoms with Gasteiger partial charge in [-0.05, 0) is 42.2 Å². The zero-order valence-corrected chi connectivity index (χ0v) is 8.41. The van der Waals surface area contributed by atoms with Crippen LogP contribution < -0.4 is 5.73 Å². The molecule has 1 aliphatic rings. The van der Waals surface area contributed by atoms with Gasteiger partial charge in [-0.3, -0.25) is 0 Å². The van der Waals surface area contributed by atoms with Crippen molar-refractivity contribution in [1.82, 2.24) is 0 Å². The van der Waals surface area contributed by atoms with Crippen LogP contribution in [0.25, 0.3) is 0 Å². The summed E-state index contributed by atoms with van der Waals surface area (Å²) in [6.45, 7) is 5.61. The van der Waals surface area contributed by atoms with E-state index in [2.05, 4.69) is 25.6 Å². The van der Waals surface area contributed by atoms with Crippen molar-refractivity contribution in [3.8, 4) is 0 Å². The van der Waals surface area contributed by atoms with Crippen LogP contribution in [-0.4, -0.2) is 18.1 Å². The van der Waals surface area contributed by atoms with Gasteiger partial charge in [0.2, 0.25) is 0 Å². The van der Waals surface area contributed by atoms with Crippen molar-refractivity contribution < 1.29 is 0 Å². The molecule has 1 saturated heterocycles. The minimum atomic E-state index is 0.530. The summed E-state index contributed by atoms with van der Waals surface area (Å²) in [4.78, 5) is 0. The van der Waals surface area contributed by atoms with Gasteiger partial charge in [0.15, 0.2) is 0 Å². The SMILES string of the molecule is CC1(C)CSCCC1CCN. The molecule has 0 radical (unpaired) electrons. The monoisotopic (exact) mass is 173 g/mol. The average Bonchev–Trinajstić information content (AvgIpc) is 1.94. The summed E-state index contributed by atoms with van der Waals surface area (Å²) in [5, 5.41) is 0. The Bertz CT molecular complexity index is 121. The molecule has 1 rings (SSSR count). The molecular weight excluding hydrogens is 154 g/mol. The number of hydrogen-bond donors (Lipinski definition) is 1. The fourth-order valence-corrected chi connectivity index (χ4v) is 3.16. The molecule has 1 nitrogen and oxygen atoms in total. The van der Waals surface area contributed by atoms with Crippen molar-refractivity contribution in [3.63, 3.8) is 0 Å². The van der Waals surface area contributed by atoms with Crippen LogP contribution in [0.15, 0.2) is 0 Å². The molecule has 2 heteroatoms. The maximum absolute atomic E-state index is 5.57. The van der Waals surface area contributed by atoms with Crippen LogP contribution in [0.1, 0.15) is 26.7 Å². The lowest BCUT2D eigenvalue weighted by Gasteiger charge is -2.38. The Morgan fingerprint density at radius 2 is 2.27 bits per heavy atom. The highest BCUT2D eigenvalue weighted by Crippen LogP contribution is 2.40. The smallest absolute Gasteiger partial charge is 0.00134 e. The fourth-order valence-electron chi connectivity index (χ4n) is 1.81. The third-order valence-electron chi connectivity index (χ3n) is 2.71. The van der Waals surface area contributed by atoms with Crippen molar-refractivity contribution >= 4 is 11.8 Å². The van der Waals surface area contributed by atoms with Crippen molar-refractivity contribution in [2.24, 2.45) is 17.1 Å². The first kappa shape index (κ1) is 9.40. The maximum Gasteiger partial charge on any atom is -0.00134 e. The number of hydrogen-bond acceptors (Lipinski definition) is 2.